The number of ether oxygens (including phenoxy) is 1. The molecule has 0 aliphatic heterocycles. The monoisotopic (exact) mass is 213 g/mol. The highest BCUT2D eigenvalue weighted by molar-refractivity contribution is 4.86. The minimum Gasteiger partial charge on any atom is -0.382 e. The summed E-state index contributed by atoms with van der Waals surface area (Å²) >= 11 is 0. The molecular formula is C13H27NO. The Hall–Kier alpha value is -0.0800. The number of unbranched alkanes of at least 4 members (excludes halogenated alkanes) is 1. The molecule has 0 radical (unpaired) electrons. The predicted octanol–water partition coefficient (Wildman–Crippen LogP) is 2.97. The summed E-state index contributed by atoms with van der Waals surface area (Å²) in [5, 5.41) is 3.68. The van der Waals surface area contributed by atoms with Crippen LogP contribution in [0, 0.1) is 5.92 Å². The molecule has 2 nitrogen and oxygen atoms in total. The Morgan fingerprint density at radius 1 is 1.27 bits per heavy atom. The highest BCUT2D eigenvalue weighted by atomic mass is 16.5. The molecule has 1 saturated carbocycles. The molecule has 1 unspecified atom stereocenters. The Balaban J connectivity index is 1.98. The van der Waals surface area contributed by atoms with Crippen molar-refractivity contribution >= 4 is 0 Å². The summed E-state index contributed by atoms with van der Waals surface area (Å²) in [4.78, 5) is 0. The van der Waals surface area contributed by atoms with Crippen LogP contribution < -0.4 is 5.32 Å². The van der Waals surface area contributed by atoms with E-state index < -0.39 is 0 Å². The van der Waals surface area contributed by atoms with E-state index in [1.165, 1.54) is 45.1 Å². The van der Waals surface area contributed by atoms with Gasteiger partial charge in [-0.15, -0.1) is 0 Å². The fourth-order valence-corrected chi connectivity index (χ4v) is 2.05. The zero-order valence-corrected chi connectivity index (χ0v) is 10.4. The van der Waals surface area contributed by atoms with E-state index >= 15 is 0 Å². The summed E-state index contributed by atoms with van der Waals surface area (Å²) in [5.74, 6) is 0.989. The fourth-order valence-electron chi connectivity index (χ4n) is 2.05. The van der Waals surface area contributed by atoms with Crippen molar-refractivity contribution in [1.29, 1.82) is 0 Å². The molecule has 0 bridgehead atoms. The molecule has 1 aliphatic carbocycles. The van der Waals surface area contributed by atoms with Crippen molar-refractivity contribution in [3.63, 3.8) is 0 Å². The zero-order chi connectivity index (χ0) is 10.9. The van der Waals surface area contributed by atoms with Crippen LogP contribution in [0.5, 0.6) is 0 Å². The summed E-state index contributed by atoms with van der Waals surface area (Å²) < 4.78 is 5.35. The minimum absolute atomic E-state index is 0.798. The van der Waals surface area contributed by atoms with E-state index in [1.54, 1.807) is 0 Å². The minimum atomic E-state index is 0.798. The van der Waals surface area contributed by atoms with E-state index in [4.69, 9.17) is 4.74 Å². The van der Waals surface area contributed by atoms with Crippen LogP contribution in [0.3, 0.4) is 0 Å². The van der Waals surface area contributed by atoms with Crippen LogP contribution in [-0.2, 0) is 4.74 Å². The molecule has 0 saturated heterocycles. The van der Waals surface area contributed by atoms with Gasteiger partial charge in [-0.3, -0.25) is 0 Å². The molecule has 0 amide bonds. The molecule has 1 atom stereocenters. The molecule has 0 spiro atoms. The van der Waals surface area contributed by atoms with Gasteiger partial charge in [0.2, 0.25) is 0 Å². The average molecular weight is 213 g/mol. The van der Waals surface area contributed by atoms with Gasteiger partial charge in [-0.2, -0.15) is 0 Å². The van der Waals surface area contributed by atoms with Crippen molar-refractivity contribution in [1.82, 2.24) is 5.32 Å². The van der Waals surface area contributed by atoms with Gasteiger partial charge >= 0.3 is 0 Å². The van der Waals surface area contributed by atoms with Crippen molar-refractivity contribution in [2.75, 3.05) is 19.8 Å². The summed E-state index contributed by atoms with van der Waals surface area (Å²) in [6.07, 6.45) is 8.04. The van der Waals surface area contributed by atoms with E-state index in [-0.39, 0.29) is 0 Å². The standard InChI is InChI=1S/C13H27NO/c1-3-10-14-13(12-8-9-12)7-5-6-11-15-4-2/h12-14H,3-11H2,1-2H3. The van der Waals surface area contributed by atoms with E-state index in [1.807, 2.05) is 0 Å². The van der Waals surface area contributed by atoms with Gasteiger partial charge in [0, 0.05) is 19.3 Å². The summed E-state index contributed by atoms with van der Waals surface area (Å²) in [6.45, 7) is 7.30. The third-order valence-corrected chi connectivity index (χ3v) is 3.11. The Morgan fingerprint density at radius 3 is 2.67 bits per heavy atom. The van der Waals surface area contributed by atoms with Crippen LogP contribution in [0.2, 0.25) is 0 Å². The smallest absolute Gasteiger partial charge is 0.0465 e. The highest BCUT2D eigenvalue weighted by Crippen LogP contribution is 2.34. The Labute approximate surface area is 94.8 Å². The normalized spacial score (nSPS) is 18.0. The van der Waals surface area contributed by atoms with Crippen LogP contribution in [0.15, 0.2) is 0 Å². The maximum absolute atomic E-state index is 5.35. The second kappa shape index (κ2) is 8.12. The molecule has 0 heterocycles. The average Bonchev–Trinajstić information content (AvgIpc) is 3.06. The lowest BCUT2D eigenvalue weighted by atomic mass is 10.1. The third kappa shape index (κ3) is 6.16. The third-order valence-electron chi connectivity index (χ3n) is 3.11. The molecule has 0 aromatic heterocycles. The fraction of sp³-hybridized carbons (Fsp3) is 1.00. The Kier molecular flexibility index (Phi) is 7.03. The van der Waals surface area contributed by atoms with Gasteiger partial charge in [-0.25, -0.2) is 0 Å². The summed E-state index contributed by atoms with van der Waals surface area (Å²) in [7, 11) is 0. The molecule has 1 N–H and O–H groups in total. The van der Waals surface area contributed by atoms with Crippen LogP contribution in [0.4, 0.5) is 0 Å². The lowest BCUT2D eigenvalue weighted by molar-refractivity contribution is 0.142. The van der Waals surface area contributed by atoms with E-state index in [0.717, 1.165) is 25.2 Å². The van der Waals surface area contributed by atoms with Crippen LogP contribution in [0.1, 0.15) is 52.4 Å². The second-order valence-electron chi connectivity index (χ2n) is 4.59. The molecule has 15 heavy (non-hydrogen) atoms. The molecule has 1 fully saturated rings. The highest BCUT2D eigenvalue weighted by Gasteiger charge is 2.29. The first-order valence-corrected chi connectivity index (χ1v) is 6.69. The first-order valence-electron chi connectivity index (χ1n) is 6.69. The zero-order valence-electron chi connectivity index (χ0n) is 10.4. The SMILES string of the molecule is CCCNC(CCCCOCC)C1CC1. The van der Waals surface area contributed by atoms with Crippen LogP contribution >= 0.6 is 0 Å². The van der Waals surface area contributed by atoms with Gasteiger partial charge in [0.15, 0.2) is 0 Å². The van der Waals surface area contributed by atoms with Crippen molar-refractivity contribution in [3.8, 4) is 0 Å². The van der Waals surface area contributed by atoms with Crippen molar-refractivity contribution in [3.05, 3.63) is 0 Å². The van der Waals surface area contributed by atoms with Crippen LogP contribution in [-0.4, -0.2) is 25.8 Å². The first kappa shape index (κ1) is 13.0. The van der Waals surface area contributed by atoms with Crippen molar-refractivity contribution in [2.45, 2.75) is 58.4 Å². The Bertz CT molecular complexity index is 145. The number of hydrogen-bond donors (Lipinski definition) is 1. The summed E-state index contributed by atoms with van der Waals surface area (Å²) in [6, 6.07) is 0.798. The van der Waals surface area contributed by atoms with E-state index in [9.17, 15) is 0 Å². The molecular weight excluding hydrogens is 186 g/mol. The number of rotatable bonds is 10. The quantitative estimate of drug-likeness (QED) is 0.563. The maximum atomic E-state index is 5.35. The molecule has 2 heteroatoms. The van der Waals surface area contributed by atoms with Gasteiger partial charge in [-0.05, 0) is 57.9 Å². The molecule has 1 rings (SSSR count). The van der Waals surface area contributed by atoms with Gasteiger partial charge in [0.1, 0.15) is 0 Å². The Morgan fingerprint density at radius 2 is 2.07 bits per heavy atom. The lowest BCUT2D eigenvalue weighted by Crippen LogP contribution is -2.31. The predicted molar refractivity (Wildman–Crippen MR) is 65.1 cm³/mol. The lowest BCUT2D eigenvalue weighted by Gasteiger charge is -2.17. The first-order chi connectivity index (χ1) is 7.38. The van der Waals surface area contributed by atoms with Gasteiger partial charge < -0.3 is 10.1 Å². The van der Waals surface area contributed by atoms with Gasteiger partial charge in [0.05, 0.1) is 0 Å². The van der Waals surface area contributed by atoms with Gasteiger partial charge in [-0.1, -0.05) is 6.92 Å². The second-order valence-corrected chi connectivity index (χ2v) is 4.59. The van der Waals surface area contributed by atoms with Crippen molar-refractivity contribution in [2.24, 2.45) is 5.92 Å². The van der Waals surface area contributed by atoms with Gasteiger partial charge in [0.25, 0.3) is 0 Å². The number of nitrogens with one attached hydrogen (secondary N) is 1. The molecule has 0 aromatic carbocycles. The van der Waals surface area contributed by atoms with Crippen LogP contribution in [0.25, 0.3) is 0 Å². The molecule has 1 aliphatic rings. The molecule has 0 aromatic rings. The topological polar surface area (TPSA) is 21.3 Å². The summed E-state index contributed by atoms with van der Waals surface area (Å²) in [5.41, 5.74) is 0. The van der Waals surface area contributed by atoms with Crippen molar-refractivity contribution < 1.29 is 4.74 Å². The maximum Gasteiger partial charge on any atom is 0.0465 e. The van der Waals surface area contributed by atoms with E-state index in [0.29, 0.717) is 0 Å². The largest absolute Gasteiger partial charge is 0.382 e. The molecule has 90 valence electrons. The number of hydrogen-bond acceptors (Lipinski definition) is 2. The van der Waals surface area contributed by atoms with E-state index in [2.05, 4.69) is 19.2 Å².